The second-order valence-electron chi connectivity index (χ2n) is 5.97. The molecular weight excluding hydrogens is 305 g/mol. The van der Waals surface area contributed by atoms with Gasteiger partial charge >= 0.3 is 0 Å². The lowest BCUT2D eigenvalue weighted by Crippen LogP contribution is -2.19. The summed E-state index contributed by atoms with van der Waals surface area (Å²) in [5.74, 6) is 0.498. The van der Waals surface area contributed by atoms with E-state index in [1.165, 1.54) is 12.1 Å². The van der Waals surface area contributed by atoms with Gasteiger partial charge in [0.05, 0.1) is 6.10 Å². The van der Waals surface area contributed by atoms with E-state index in [9.17, 15) is 4.39 Å². The first-order valence-electron chi connectivity index (χ1n) is 8.18. The highest BCUT2D eigenvalue weighted by Gasteiger charge is 2.16. The van der Waals surface area contributed by atoms with Gasteiger partial charge in [0, 0.05) is 29.5 Å². The molecule has 0 bridgehead atoms. The van der Waals surface area contributed by atoms with Crippen LogP contribution in [0.2, 0.25) is 0 Å². The molecule has 0 aliphatic carbocycles. The number of nitrogens with zero attached hydrogens (tertiary/aromatic N) is 2. The Morgan fingerprint density at radius 3 is 2.58 bits per heavy atom. The summed E-state index contributed by atoms with van der Waals surface area (Å²) in [6.07, 6.45) is 2.43. The second kappa shape index (κ2) is 6.53. The average molecular weight is 323 g/mol. The maximum Gasteiger partial charge on any atom is 0.156 e. The molecule has 1 N–H and O–H groups in total. The van der Waals surface area contributed by atoms with Crippen molar-refractivity contribution in [2.75, 3.05) is 18.5 Å². The summed E-state index contributed by atoms with van der Waals surface area (Å²) in [6.45, 7) is 1.57. The van der Waals surface area contributed by atoms with E-state index >= 15 is 0 Å². The summed E-state index contributed by atoms with van der Waals surface area (Å²) in [6, 6.07) is 14.3. The molecule has 0 radical (unpaired) electrons. The van der Waals surface area contributed by atoms with Crippen molar-refractivity contribution >= 4 is 16.6 Å². The van der Waals surface area contributed by atoms with Crippen LogP contribution in [0.5, 0.6) is 0 Å². The van der Waals surface area contributed by atoms with Gasteiger partial charge in [-0.1, -0.05) is 24.3 Å². The highest BCUT2D eigenvalue weighted by molar-refractivity contribution is 5.99. The largest absolute Gasteiger partial charge is 0.376 e. The average Bonchev–Trinajstić information content (AvgIpc) is 3.14. The summed E-state index contributed by atoms with van der Waals surface area (Å²) in [7, 11) is 0. The molecule has 4 rings (SSSR count). The smallest absolute Gasteiger partial charge is 0.156 e. The Bertz CT molecular complexity index is 845. The molecule has 3 aromatic rings. The van der Waals surface area contributed by atoms with E-state index in [2.05, 4.69) is 15.5 Å². The first-order valence-corrected chi connectivity index (χ1v) is 8.18. The van der Waals surface area contributed by atoms with Crippen LogP contribution in [-0.2, 0) is 4.74 Å². The van der Waals surface area contributed by atoms with E-state index in [4.69, 9.17) is 4.74 Å². The van der Waals surface area contributed by atoms with Crippen LogP contribution in [0.25, 0.3) is 22.0 Å². The minimum Gasteiger partial charge on any atom is -0.376 e. The molecule has 122 valence electrons. The summed E-state index contributed by atoms with van der Waals surface area (Å²) in [4.78, 5) is 0. The van der Waals surface area contributed by atoms with Crippen LogP contribution < -0.4 is 5.32 Å². The number of ether oxygens (including phenoxy) is 1. The minimum atomic E-state index is -0.258. The zero-order valence-corrected chi connectivity index (χ0v) is 13.2. The van der Waals surface area contributed by atoms with Gasteiger partial charge in [-0.25, -0.2) is 4.39 Å². The van der Waals surface area contributed by atoms with Gasteiger partial charge in [0.25, 0.3) is 0 Å². The van der Waals surface area contributed by atoms with Crippen molar-refractivity contribution in [1.29, 1.82) is 0 Å². The Morgan fingerprint density at radius 2 is 1.83 bits per heavy atom. The molecular formula is C19H18FN3O. The van der Waals surface area contributed by atoms with Crippen LogP contribution in [0.3, 0.4) is 0 Å². The second-order valence-corrected chi connectivity index (χ2v) is 5.97. The third kappa shape index (κ3) is 2.95. The Balaban J connectivity index is 1.70. The number of anilines is 1. The van der Waals surface area contributed by atoms with Gasteiger partial charge in [0.15, 0.2) is 5.82 Å². The molecule has 1 saturated heterocycles. The van der Waals surface area contributed by atoms with Gasteiger partial charge in [0.2, 0.25) is 0 Å². The number of fused-ring (bicyclic) bond motifs is 1. The molecule has 1 aromatic heterocycles. The molecule has 1 atom stereocenters. The van der Waals surface area contributed by atoms with Crippen molar-refractivity contribution in [2.45, 2.75) is 18.9 Å². The fourth-order valence-electron chi connectivity index (χ4n) is 3.07. The third-order valence-electron chi connectivity index (χ3n) is 4.33. The monoisotopic (exact) mass is 323 g/mol. The molecule has 2 heterocycles. The van der Waals surface area contributed by atoms with Crippen molar-refractivity contribution in [3.8, 4) is 11.3 Å². The third-order valence-corrected chi connectivity index (χ3v) is 4.33. The van der Waals surface area contributed by atoms with Crippen LogP contribution in [-0.4, -0.2) is 29.5 Å². The molecule has 2 aromatic carbocycles. The molecule has 1 fully saturated rings. The minimum absolute atomic E-state index is 0.238. The molecule has 0 saturated carbocycles. The maximum atomic E-state index is 13.2. The Morgan fingerprint density at radius 1 is 1.04 bits per heavy atom. The Kier molecular flexibility index (Phi) is 4.09. The molecule has 5 heteroatoms. The lowest BCUT2D eigenvalue weighted by molar-refractivity contribution is 0.120. The fourth-order valence-corrected chi connectivity index (χ4v) is 3.07. The van der Waals surface area contributed by atoms with Gasteiger partial charge in [-0.3, -0.25) is 0 Å². The van der Waals surface area contributed by atoms with E-state index in [-0.39, 0.29) is 11.9 Å². The normalized spacial score (nSPS) is 17.3. The highest BCUT2D eigenvalue weighted by Crippen LogP contribution is 2.29. The van der Waals surface area contributed by atoms with Crippen LogP contribution in [0.15, 0.2) is 48.5 Å². The van der Waals surface area contributed by atoms with Gasteiger partial charge in [-0.05, 0) is 37.1 Å². The fraction of sp³-hybridized carbons (Fsp3) is 0.263. The van der Waals surface area contributed by atoms with Gasteiger partial charge in [0.1, 0.15) is 11.5 Å². The van der Waals surface area contributed by atoms with Crippen molar-refractivity contribution in [1.82, 2.24) is 10.2 Å². The summed E-state index contributed by atoms with van der Waals surface area (Å²) < 4.78 is 18.8. The molecule has 0 spiro atoms. The molecule has 0 amide bonds. The van der Waals surface area contributed by atoms with Crippen molar-refractivity contribution < 1.29 is 9.13 Å². The molecule has 1 aliphatic rings. The molecule has 24 heavy (non-hydrogen) atoms. The Hall–Kier alpha value is -2.53. The zero-order valence-electron chi connectivity index (χ0n) is 13.2. The molecule has 1 aliphatic heterocycles. The van der Waals surface area contributed by atoms with Crippen LogP contribution in [0.4, 0.5) is 10.2 Å². The standard InChI is InChI=1S/C19H18FN3O/c20-14-9-7-13(8-10-14)18-16-5-1-2-6-17(16)19(23-22-18)21-12-15-4-3-11-24-15/h1-2,5-10,15H,3-4,11-12H2,(H,21,23)/t15-/m0/s1. The lowest BCUT2D eigenvalue weighted by atomic mass is 10.0. The zero-order chi connectivity index (χ0) is 16.4. The van der Waals surface area contributed by atoms with E-state index in [1.807, 2.05) is 24.3 Å². The predicted octanol–water partition coefficient (Wildman–Crippen LogP) is 4.03. The first kappa shape index (κ1) is 15.0. The van der Waals surface area contributed by atoms with Crippen molar-refractivity contribution in [2.24, 2.45) is 0 Å². The van der Waals surface area contributed by atoms with Gasteiger partial charge in [-0.2, -0.15) is 0 Å². The van der Waals surface area contributed by atoms with E-state index in [1.54, 1.807) is 12.1 Å². The number of hydrogen-bond donors (Lipinski definition) is 1. The topological polar surface area (TPSA) is 47.0 Å². The highest BCUT2D eigenvalue weighted by atomic mass is 19.1. The van der Waals surface area contributed by atoms with E-state index in [0.29, 0.717) is 0 Å². The van der Waals surface area contributed by atoms with Crippen molar-refractivity contribution in [3.63, 3.8) is 0 Å². The van der Waals surface area contributed by atoms with E-state index in [0.717, 1.165) is 53.8 Å². The number of benzene rings is 2. The SMILES string of the molecule is Fc1ccc(-c2nnc(NC[C@@H]3CCCO3)c3ccccc23)cc1. The molecule has 4 nitrogen and oxygen atoms in total. The molecule has 0 unspecified atom stereocenters. The van der Waals surface area contributed by atoms with Crippen molar-refractivity contribution in [3.05, 3.63) is 54.3 Å². The van der Waals surface area contributed by atoms with Crippen LogP contribution >= 0.6 is 0 Å². The lowest BCUT2D eigenvalue weighted by Gasteiger charge is -2.14. The number of aromatic nitrogens is 2. The number of nitrogens with one attached hydrogen (secondary N) is 1. The summed E-state index contributed by atoms with van der Waals surface area (Å²) in [5.41, 5.74) is 1.61. The number of hydrogen-bond acceptors (Lipinski definition) is 4. The van der Waals surface area contributed by atoms with Crippen LogP contribution in [0.1, 0.15) is 12.8 Å². The number of halogens is 1. The van der Waals surface area contributed by atoms with E-state index < -0.39 is 0 Å². The first-order chi connectivity index (χ1) is 11.8. The van der Waals surface area contributed by atoms with Gasteiger partial charge in [-0.15, -0.1) is 10.2 Å². The number of rotatable bonds is 4. The quantitative estimate of drug-likeness (QED) is 0.787. The van der Waals surface area contributed by atoms with Crippen LogP contribution in [0, 0.1) is 5.82 Å². The summed E-state index contributed by atoms with van der Waals surface area (Å²) in [5, 5.41) is 14.1. The van der Waals surface area contributed by atoms with Gasteiger partial charge < -0.3 is 10.1 Å². The Labute approximate surface area is 139 Å². The predicted molar refractivity (Wildman–Crippen MR) is 92.4 cm³/mol. The maximum absolute atomic E-state index is 13.2. The summed E-state index contributed by atoms with van der Waals surface area (Å²) >= 11 is 0.